The first kappa shape index (κ1) is 21.1. The molecule has 2 aromatic carbocycles. The van der Waals surface area contributed by atoms with E-state index < -0.39 is 0 Å². The fraction of sp³-hybridized carbons (Fsp3) is 0.375. The molecule has 4 rings (SSSR count). The van der Waals surface area contributed by atoms with Crippen LogP contribution >= 0.6 is 0 Å². The van der Waals surface area contributed by atoms with E-state index in [1.807, 2.05) is 18.2 Å². The number of nitrogens with one attached hydrogen (secondary N) is 1. The lowest BCUT2D eigenvalue weighted by molar-refractivity contribution is 0.0883. The van der Waals surface area contributed by atoms with Crippen molar-refractivity contribution in [3.05, 3.63) is 54.0 Å². The Labute approximate surface area is 181 Å². The molecule has 1 aliphatic rings. The molecule has 3 aromatic rings. The molecule has 0 unspecified atom stereocenters. The number of piperidine rings is 1. The van der Waals surface area contributed by atoms with Gasteiger partial charge in [-0.05, 0) is 42.7 Å². The van der Waals surface area contributed by atoms with E-state index in [0.29, 0.717) is 16.9 Å². The van der Waals surface area contributed by atoms with Crippen molar-refractivity contribution in [3.63, 3.8) is 0 Å². The Morgan fingerprint density at radius 1 is 1.03 bits per heavy atom. The number of ether oxygens (including phenoxy) is 3. The monoisotopic (exact) mass is 424 g/mol. The van der Waals surface area contributed by atoms with E-state index in [1.54, 1.807) is 33.7 Å². The molecule has 1 N–H and O–H groups in total. The third-order valence-corrected chi connectivity index (χ3v) is 5.80. The summed E-state index contributed by atoms with van der Waals surface area (Å²) in [6, 6.07) is 11.9. The maximum Gasteiger partial charge on any atom is 0.288 e. The molecule has 0 saturated carbocycles. The van der Waals surface area contributed by atoms with Gasteiger partial charge in [-0.1, -0.05) is 12.1 Å². The van der Waals surface area contributed by atoms with Crippen molar-refractivity contribution in [2.75, 3.05) is 34.4 Å². The van der Waals surface area contributed by atoms with Gasteiger partial charge in [0.15, 0.2) is 11.5 Å². The van der Waals surface area contributed by atoms with Gasteiger partial charge in [0.2, 0.25) is 5.76 Å². The van der Waals surface area contributed by atoms with Crippen molar-refractivity contribution in [1.82, 2.24) is 10.2 Å². The number of benzene rings is 2. The molecule has 7 nitrogen and oxygen atoms in total. The summed E-state index contributed by atoms with van der Waals surface area (Å²) in [7, 11) is 4.81. The van der Waals surface area contributed by atoms with Gasteiger partial charge in [0, 0.05) is 31.1 Å². The number of carbonyl (C=O) groups is 1. The number of hydrogen-bond donors (Lipinski definition) is 1. The van der Waals surface area contributed by atoms with Crippen LogP contribution in [-0.2, 0) is 6.54 Å². The van der Waals surface area contributed by atoms with Crippen molar-refractivity contribution in [1.29, 1.82) is 0 Å². The molecular formula is C24H28N2O5. The van der Waals surface area contributed by atoms with Gasteiger partial charge in [0.05, 0.1) is 33.0 Å². The number of likely N-dealkylation sites (tertiary alicyclic amines) is 1. The van der Waals surface area contributed by atoms with Gasteiger partial charge < -0.3 is 23.9 Å². The molecule has 0 radical (unpaired) electrons. The molecule has 1 amide bonds. The van der Waals surface area contributed by atoms with Crippen LogP contribution in [0.15, 0.2) is 47.1 Å². The van der Waals surface area contributed by atoms with Gasteiger partial charge in [-0.3, -0.25) is 9.69 Å². The molecule has 0 bridgehead atoms. The first-order chi connectivity index (χ1) is 15.1. The average Bonchev–Trinajstić information content (AvgIpc) is 3.24. The van der Waals surface area contributed by atoms with Crippen LogP contribution in [-0.4, -0.2) is 51.3 Å². The summed E-state index contributed by atoms with van der Waals surface area (Å²) >= 11 is 0. The number of carbonyl (C=O) groups excluding carboxylic acids is 1. The van der Waals surface area contributed by atoms with E-state index in [4.69, 9.17) is 18.6 Å². The van der Waals surface area contributed by atoms with Gasteiger partial charge in [0.1, 0.15) is 5.75 Å². The van der Waals surface area contributed by atoms with Crippen LogP contribution in [0.25, 0.3) is 10.8 Å². The third-order valence-electron chi connectivity index (χ3n) is 5.80. The Kier molecular flexibility index (Phi) is 6.32. The Morgan fingerprint density at radius 3 is 2.42 bits per heavy atom. The van der Waals surface area contributed by atoms with Crippen LogP contribution < -0.4 is 19.5 Å². The summed E-state index contributed by atoms with van der Waals surface area (Å²) in [5.41, 5.74) is 1.26. The van der Waals surface area contributed by atoms with E-state index in [1.165, 1.54) is 5.56 Å². The first-order valence-electron chi connectivity index (χ1n) is 10.4. The maximum absolute atomic E-state index is 13.0. The summed E-state index contributed by atoms with van der Waals surface area (Å²) < 4.78 is 21.7. The highest BCUT2D eigenvalue weighted by Crippen LogP contribution is 2.38. The van der Waals surface area contributed by atoms with Crippen LogP contribution in [0.3, 0.4) is 0 Å². The molecule has 2 heterocycles. The average molecular weight is 424 g/mol. The van der Waals surface area contributed by atoms with Crippen LogP contribution in [0.4, 0.5) is 0 Å². The highest BCUT2D eigenvalue weighted by atomic mass is 16.5. The highest BCUT2D eigenvalue weighted by Gasteiger charge is 2.25. The number of amides is 1. The molecule has 1 aromatic heterocycles. The van der Waals surface area contributed by atoms with Crippen molar-refractivity contribution in [2.24, 2.45) is 0 Å². The van der Waals surface area contributed by atoms with Gasteiger partial charge in [0.25, 0.3) is 5.91 Å². The normalized spacial score (nSPS) is 15.1. The minimum Gasteiger partial charge on any atom is -0.497 e. The maximum atomic E-state index is 13.0. The summed E-state index contributed by atoms with van der Waals surface area (Å²) in [4.78, 5) is 15.4. The zero-order chi connectivity index (χ0) is 21.8. The molecule has 7 heteroatoms. The zero-order valence-corrected chi connectivity index (χ0v) is 18.1. The number of methoxy groups -OCH3 is 3. The standard InChI is InChI=1S/C24H28N2O5/c1-28-19-7-4-16(5-8-19)14-26-12-10-18(11-13-26)25-24(27)23-21-17(15-31-23)6-9-20(29-2)22(21)30-3/h4-9,15,18H,10-14H2,1-3H3,(H,25,27). The van der Waals surface area contributed by atoms with E-state index in [2.05, 4.69) is 22.3 Å². The third kappa shape index (κ3) is 4.46. The Balaban J connectivity index is 1.38. The summed E-state index contributed by atoms with van der Waals surface area (Å²) in [5, 5.41) is 4.57. The molecule has 164 valence electrons. The summed E-state index contributed by atoms with van der Waals surface area (Å²) in [6.07, 6.45) is 3.35. The number of hydrogen-bond acceptors (Lipinski definition) is 6. The zero-order valence-electron chi connectivity index (χ0n) is 18.1. The molecular weight excluding hydrogens is 396 g/mol. The number of fused-ring (bicyclic) bond motifs is 1. The van der Waals surface area contributed by atoms with E-state index in [-0.39, 0.29) is 17.7 Å². The van der Waals surface area contributed by atoms with Crippen molar-refractivity contribution < 1.29 is 23.4 Å². The molecule has 0 spiro atoms. The first-order valence-corrected chi connectivity index (χ1v) is 10.4. The van der Waals surface area contributed by atoms with Crippen molar-refractivity contribution in [2.45, 2.75) is 25.4 Å². The molecule has 0 aliphatic carbocycles. The lowest BCUT2D eigenvalue weighted by atomic mass is 10.0. The SMILES string of the molecule is COc1ccc(CN2CCC(NC(=O)c3occ4ccc(OC)c(OC)c34)CC2)cc1. The molecule has 0 atom stereocenters. The second kappa shape index (κ2) is 9.31. The smallest absolute Gasteiger partial charge is 0.288 e. The predicted octanol–water partition coefficient (Wildman–Crippen LogP) is 3.85. The van der Waals surface area contributed by atoms with Crippen LogP contribution in [0, 0.1) is 0 Å². The molecule has 31 heavy (non-hydrogen) atoms. The van der Waals surface area contributed by atoms with E-state index >= 15 is 0 Å². The Bertz CT molecular complexity index is 1040. The number of furan rings is 1. The van der Waals surface area contributed by atoms with Crippen LogP contribution in [0.2, 0.25) is 0 Å². The topological polar surface area (TPSA) is 73.2 Å². The van der Waals surface area contributed by atoms with Gasteiger partial charge in [-0.25, -0.2) is 0 Å². The second-order valence-corrected chi connectivity index (χ2v) is 7.70. The molecule has 1 saturated heterocycles. The van der Waals surface area contributed by atoms with Crippen molar-refractivity contribution >= 4 is 16.7 Å². The lowest BCUT2D eigenvalue weighted by Crippen LogP contribution is -2.44. The molecule has 1 fully saturated rings. The minimum atomic E-state index is -0.227. The fourth-order valence-electron chi connectivity index (χ4n) is 4.10. The van der Waals surface area contributed by atoms with Crippen LogP contribution in [0.1, 0.15) is 29.0 Å². The Hall–Kier alpha value is -3.19. The van der Waals surface area contributed by atoms with E-state index in [9.17, 15) is 4.79 Å². The minimum absolute atomic E-state index is 0.108. The van der Waals surface area contributed by atoms with E-state index in [0.717, 1.165) is 43.6 Å². The summed E-state index contributed by atoms with van der Waals surface area (Å²) in [6.45, 7) is 2.74. The number of rotatable bonds is 7. The van der Waals surface area contributed by atoms with Crippen LogP contribution in [0.5, 0.6) is 17.2 Å². The quantitative estimate of drug-likeness (QED) is 0.621. The van der Waals surface area contributed by atoms with Gasteiger partial charge in [-0.15, -0.1) is 0 Å². The highest BCUT2D eigenvalue weighted by molar-refractivity contribution is 6.08. The van der Waals surface area contributed by atoms with Gasteiger partial charge in [-0.2, -0.15) is 0 Å². The fourth-order valence-corrected chi connectivity index (χ4v) is 4.10. The largest absolute Gasteiger partial charge is 0.497 e. The molecule has 1 aliphatic heterocycles. The number of nitrogens with zero attached hydrogens (tertiary/aromatic N) is 1. The van der Waals surface area contributed by atoms with Crippen molar-refractivity contribution in [3.8, 4) is 17.2 Å². The van der Waals surface area contributed by atoms with Gasteiger partial charge >= 0.3 is 0 Å². The Morgan fingerprint density at radius 2 is 1.77 bits per heavy atom. The predicted molar refractivity (Wildman–Crippen MR) is 118 cm³/mol. The summed E-state index contributed by atoms with van der Waals surface area (Å²) in [5.74, 6) is 1.97. The second-order valence-electron chi connectivity index (χ2n) is 7.70. The lowest BCUT2D eigenvalue weighted by Gasteiger charge is -2.32.